The van der Waals surface area contributed by atoms with Crippen LogP contribution in [0.4, 0.5) is 5.82 Å². The molecule has 0 spiro atoms. The van der Waals surface area contributed by atoms with Crippen molar-refractivity contribution in [2.75, 3.05) is 12.4 Å². The predicted molar refractivity (Wildman–Crippen MR) is 144 cm³/mol. The van der Waals surface area contributed by atoms with Gasteiger partial charge < -0.3 is 14.8 Å². The van der Waals surface area contributed by atoms with Crippen molar-refractivity contribution in [2.24, 2.45) is 0 Å². The molecule has 0 saturated heterocycles. The van der Waals surface area contributed by atoms with E-state index in [1.165, 1.54) is 6.08 Å². The van der Waals surface area contributed by atoms with Crippen molar-refractivity contribution in [3.8, 4) is 11.5 Å². The Morgan fingerprint density at radius 2 is 1.78 bits per heavy atom. The number of ether oxygens (including phenoxy) is 2. The lowest BCUT2D eigenvalue weighted by atomic mass is 10.1. The average Bonchev–Trinajstić information content (AvgIpc) is 3.21. The van der Waals surface area contributed by atoms with Gasteiger partial charge in [0.1, 0.15) is 23.1 Å². The number of para-hydroxylation sites is 1. The molecule has 6 nitrogen and oxygen atoms in total. The Morgan fingerprint density at radius 1 is 1.00 bits per heavy atom. The fourth-order valence-electron chi connectivity index (χ4n) is 3.58. The third kappa shape index (κ3) is 6.47. The maximum absolute atomic E-state index is 12.5. The lowest BCUT2D eigenvalue weighted by Crippen LogP contribution is -2.09. The molecule has 4 rings (SSSR count). The highest BCUT2D eigenvalue weighted by atomic mass is 35.5. The summed E-state index contributed by atoms with van der Waals surface area (Å²) in [7, 11) is 1.62. The summed E-state index contributed by atoms with van der Waals surface area (Å²) in [6.45, 7) is 2.77. The van der Waals surface area contributed by atoms with Crippen molar-refractivity contribution in [2.45, 2.75) is 20.1 Å². The molecule has 0 saturated carbocycles. The lowest BCUT2D eigenvalue weighted by molar-refractivity contribution is -0.111. The number of amides is 1. The second-order valence-corrected chi connectivity index (χ2v) is 8.88. The molecule has 4 aromatic rings. The Balaban J connectivity index is 1.41. The quantitative estimate of drug-likeness (QED) is 0.246. The number of aromatic nitrogens is 2. The standard InChI is InChI=1S/C28H25Cl2N3O3/c1-19-7-3-6-10-25(19)36-18-22-15-20(11-13-26(22)35-2)12-14-27(34)31-28-24(30)17-33(32-28)16-21-8-4-5-9-23(21)29/h3-15,17H,16,18H2,1-2H3,(H,31,32,34)/b14-12+. The van der Waals surface area contributed by atoms with Crippen molar-refractivity contribution in [1.29, 1.82) is 0 Å². The molecule has 0 fully saturated rings. The lowest BCUT2D eigenvalue weighted by Gasteiger charge is -2.12. The number of nitrogens with one attached hydrogen (secondary N) is 1. The van der Waals surface area contributed by atoms with E-state index in [1.54, 1.807) is 24.1 Å². The van der Waals surface area contributed by atoms with E-state index in [4.69, 9.17) is 32.7 Å². The first-order valence-corrected chi connectivity index (χ1v) is 12.0. The van der Waals surface area contributed by atoms with Crippen molar-refractivity contribution in [3.63, 3.8) is 0 Å². The van der Waals surface area contributed by atoms with Gasteiger partial charge in [-0.15, -0.1) is 0 Å². The zero-order valence-electron chi connectivity index (χ0n) is 19.9. The monoisotopic (exact) mass is 521 g/mol. The zero-order chi connectivity index (χ0) is 25.5. The molecule has 1 heterocycles. The summed E-state index contributed by atoms with van der Waals surface area (Å²) in [5.41, 5.74) is 3.64. The number of aryl methyl sites for hydroxylation is 1. The van der Waals surface area contributed by atoms with Gasteiger partial charge in [0.15, 0.2) is 5.82 Å². The number of nitrogens with zero attached hydrogens (tertiary/aromatic N) is 2. The van der Waals surface area contributed by atoms with Gasteiger partial charge in [0.05, 0.1) is 13.7 Å². The molecule has 0 radical (unpaired) electrons. The maximum atomic E-state index is 12.5. The van der Waals surface area contributed by atoms with E-state index < -0.39 is 0 Å². The normalized spacial score (nSPS) is 11.0. The molecule has 0 aliphatic heterocycles. The number of carbonyl (C=O) groups is 1. The number of rotatable bonds is 9. The van der Waals surface area contributed by atoms with Crippen LogP contribution in [0, 0.1) is 6.92 Å². The first-order valence-electron chi connectivity index (χ1n) is 11.2. The molecule has 0 aliphatic rings. The van der Waals surface area contributed by atoms with Crippen LogP contribution in [0.3, 0.4) is 0 Å². The second-order valence-electron chi connectivity index (χ2n) is 8.06. The molecule has 8 heteroatoms. The van der Waals surface area contributed by atoms with Crippen LogP contribution >= 0.6 is 23.2 Å². The van der Waals surface area contributed by atoms with Crippen LogP contribution in [-0.2, 0) is 17.9 Å². The van der Waals surface area contributed by atoms with Crippen LogP contribution in [0.15, 0.2) is 79.0 Å². The number of hydrogen-bond donors (Lipinski definition) is 1. The molecule has 1 aromatic heterocycles. The Hall–Kier alpha value is -3.74. The highest BCUT2D eigenvalue weighted by molar-refractivity contribution is 6.33. The van der Waals surface area contributed by atoms with E-state index >= 15 is 0 Å². The molecule has 0 aliphatic carbocycles. The summed E-state index contributed by atoms with van der Waals surface area (Å²) in [6.07, 6.45) is 4.78. The van der Waals surface area contributed by atoms with Gasteiger partial charge in [-0.3, -0.25) is 9.48 Å². The molecule has 0 atom stereocenters. The molecular formula is C28H25Cl2N3O3. The summed E-state index contributed by atoms with van der Waals surface area (Å²) in [5, 5.41) is 8.06. The fraction of sp³-hybridized carbons (Fsp3) is 0.143. The van der Waals surface area contributed by atoms with Gasteiger partial charge in [0.2, 0.25) is 5.91 Å². The summed E-state index contributed by atoms with van der Waals surface area (Å²) in [6, 6.07) is 21.0. The molecule has 1 N–H and O–H groups in total. The summed E-state index contributed by atoms with van der Waals surface area (Å²) >= 11 is 12.5. The Labute approximate surface area is 220 Å². The third-order valence-corrected chi connectivity index (χ3v) is 6.10. The van der Waals surface area contributed by atoms with Crippen molar-refractivity contribution < 1.29 is 14.3 Å². The van der Waals surface area contributed by atoms with Crippen LogP contribution in [0.1, 0.15) is 22.3 Å². The van der Waals surface area contributed by atoms with Gasteiger partial charge in [-0.05, 0) is 54.0 Å². The van der Waals surface area contributed by atoms with E-state index in [0.29, 0.717) is 28.9 Å². The van der Waals surface area contributed by atoms with Crippen LogP contribution in [0.5, 0.6) is 11.5 Å². The predicted octanol–water partition coefficient (Wildman–Crippen LogP) is 6.79. The van der Waals surface area contributed by atoms with E-state index in [2.05, 4.69) is 10.4 Å². The van der Waals surface area contributed by atoms with E-state index in [-0.39, 0.29) is 11.7 Å². The highest BCUT2D eigenvalue weighted by Gasteiger charge is 2.11. The number of anilines is 1. The molecule has 184 valence electrons. The van der Waals surface area contributed by atoms with Crippen molar-refractivity contribution >= 4 is 41.0 Å². The van der Waals surface area contributed by atoms with E-state index in [1.807, 2.05) is 73.7 Å². The highest BCUT2D eigenvalue weighted by Crippen LogP contribution is 2.25. The number of methoxy groups -OCH3 is 1. The topological polar surface area (TPSA) is 65.4 Å². The number of benzene rings is 3. The van der Waals surface area contributed by atoms with Gasteiger partial charge in [0.25, 0.3) is 0 Å². The van der Waals surface area contributed by atoms with Gasteiger partial charge in [0, 0.05) is 22.9 Å². The van der Waals surface area contributed by atoms with Gasteiger partial charge >= 0.3 is 0 Å². The molecular weight excluding hydrogens is 497 g/mol. The van der Waals surface area contributed by atoms with Gasteiger partial charge in [-0.25, -0.2) is 0 Å². The van der Waals surface area contributed by atoms with Crippen LogP contribution in [-0.4, -0.2) is 22.8 Å². The van der Waals surface area contributed by atoms with Crippen LogP contribution in [0.25, 0.3) is 6.08 Å². The Bertz CT molecular complexity index is 1400. The Morgan fingerprint density at radius 3 is 2.56 bits per heavy atom. The third-order valence-electron chi connectivity index (χ3n) is 5.46. The smallest absolute Gasteiger partial charge is 0.249 e. The number of carbonyl (C=O) groups excluding carboxylic acids is 1. The van der Waals surface area contributed by atoms with Crippen LogP contribution < -0.4 is 14.8 Å². The van der Waals surface area contributed by atoms with Crippen LogP contribution in [0.2, 0.25) is 10.0 Å². The second kappa shape index (κ2) is 11.8. The first kappa shape index (κ1) is 25.4. The first-order chi connectivity index (χ1) is 17.4. The van der Waals surface area contributed by atoms with E-state index in [0.717, 1.165) is 28.0 Å². The summed E-state index contributed by atoms with van der Waals surface area (Å²) < 4.78 is 13.1. The minimum Gasteiger partial charge on any atom is -0.496 e. The van der Waals surface area contributed by atoms with Gasteiger partial charge in [-0.2, -0.15) is 5.10 Å². The molecule has 0 bridgehead atoms. The molecule has 36 heavy (non-hydrogen) atoms. The van der Waals surface area contributed by atoms with E-state index in [9.17, 15) is 4.79 Å². The Kier molecular flexibility index (Phi) is 8.31. The van der Waals surface area contributed by atoms with Crippen molar-refractivity contribution in [1.82, 2.24) is 9.78 Å². The van der Waals surface area contributed by atoms with Crippen molar-refractivity contribution in [3.05, 3.63) is 111 Å². The molecule has 3 aromatic carbocycles. The molecule has 1 amide bonds. The number of halogens is 2. The SMILES string of the molecule is COc1ccc(/C=C/C(=O)Nc2nn(Cc3ccccc3Cl)cc2Cl)cc1COc1ccccc1C. The summed E-state index contributed by atoms with van der Waals surface area (Å²) in [4.78, 5) is 12.5. The number of hydrogen-bond acceptors (Lipinski definition) is 4. The minimum atomic E-state index is -0.353. The largest absolute Gasteiger partial charge is 0.496 e. The maximum Gasteiger partial charge on any atom is 0.249 e. The zero-order valence-corrected chi connectivity index (χ0v) is 21.4. The average molecular weight is 522 g/mol. The molecule has 0 unspecified atom stereocenters. The minimum absolute atomic E-state index is 0.278. The summed E-state index contributed by atoms with van der Waals surface area (Å²) in [5.74, 6) is 1.44. The van der Waals surface area contributed by atoms with Gasteiger partial charge in [-0.1, -0.05) is 65.7 Å². The fourth-order valence-corrected chi connectivity index (χ4v) is 3.98.